The number of ether oxygens (including phenoxy) is 1. The van der Waals surface area contributed by atoms with E-state index in [1.807, 2.05) is 5.48 Å². The molecule has 0 rings (SSSR count). The molecule has 0 aromatic carbocycles. The van der Waals surface area contributed by atoms with Crippen molar-refractivity contribution in [1.82, 2.24) is 5.48 Å². The fourth-order valence-electron chi connectivity index (χ4n) is 0.357. The maximum Gasteiger partial charge on any atom is 0.328 e. The van der Waals surface area contributed by atoms with E-state index in [0.29, 0.717) is 6.61 Å². The topological polar surface area (TPSA) is 58.6 Å². The van der Waals surface area contributed by atoms with E-state index in [1.165, 1.54) is 13.8 Å². The number of carbonyl (C=O) groups is 1. The van der Waals surface area contributed by atoms with Crippen LogP contribution in [0, 0.1) is 0 Å². The van der Waals surface area contributed by atoms with Gasteiger partial charge >= 0.3 is 5.97 Å². The van der Waals surface area contributed by atoms with Gasteiger partial charge in [-0.25, -0.2) is 4.79 Å². The molecular weight excluding hydrogens is 134 g/mol. The van der Waals surface area contributed by atoms with Crippen LogP contribution in [-0.4, -0.2) is 23.3 Å². The Hall–Kier alpha value is -0.610. The van der Waals surface area contributed by atoms with Crippen LogP contribution < -0.4 is 5.48 Å². The molecule has 0 spiro atoms. The van der Waals surface area contributed by atoms with E-state index in [2.05, 4.69) is 4.74 Å². The molecule has 0 bridgehead atoms. The van der Waals surface area contributed by atoms with Crippen molar-refractivity contribution in [3.8, 4) is 0 Å². The van der Waals surface area contributed by atoms with E-state index in [0.717, 1.165) is 0 Å². The fraction of sp³-hybridized carbons (Fsp3) is 0.833. The summed E-state index contributed by atoms with van der Waals surface area (Å²) in [4.78, 5) is 10.9. The summed E-state index contributed by atoms with van der Waals surface area (Å²) in [5, 5.41) is 8.44. The summed E-state index contributed by atoms with van der Waals surface area (Å²) in [7, 11) is 0. The highest BCUT2D eigenvalue weighted by Gasteiger charge is 2.27. The van der Waals surface area contributed by atoms with Gasteiger partial charge in [0.1, 0.15) is 5.54 Å². The zero-order valence-electron chi connectivity index (χ0n) is 6.47. The Morgan fingerprint density at radius 3 is 2.50 bits per heavy atom. The molecule has 2 N–H and O–H groups in total. The first-order chi connectivity index (χ1) is 4.54. The maximum atomic E-state index is 10.9. The molecule has 10 heavy (non-hydrogen) atoms. The first-order valence-corrected chi connectivity index (χ1v) is 3.13. The third kappa shape index (κ3) is 2.33. The predicted molar refractivity (Wildman–Crippen MR) is 35.6 cm³/mol. The molecular formula is C6H13NO3. The van der Waals surface area contributed by atoms with Gasteiger partial charge in [-0.15, -0.1) is 0 Å². The number of hydrogen-bond donors (Lipinski definition) is 2. The molecule has 0 aromatic rings. The number of esters is 1. The van der Waals surface area contributed by atoms with E-state index in [1.54, 1.807) is 6.92 Å². The average molecular weight is 147 g/mol. The molecule has 0 unspecified atom stereocenters. The molecule has 0 atom stereocenters. The lowest BCUT2D eigenvalue weighted by Gasteiger charge is -2.19. The molecule has 0 saturated carbocycles. The van der Waals surface area contributed by atoms with Crippen LogP contribution in [0.2, 0.25) is 0 Å². The molecule has 4 nitrogen and oxygen atoms in total. The first-order valence-electron chi connectivity index (χ1n) is 3.13. The Morgan fingerprint density at radius 2 is 2.20 bits per heavy atom. The summed E-state index contributed by atoms with van der Waals surface area (Å²) >= 11 is 0. The smallest absolute Gasteiger partial charge is 0.328 e. The van der Waals surface area contributed by atoms with Gasteiger partial charge in [-0.05, 0) is 20.8 Å². The van der Waals surface area contributed by atoms with Crippen LogP contribution in [0.25, 0.3) is 0 Å². The number of carbonyl (C=O) groups excluding carboxylic acids is 1. The highest BCUT2D eigenvalue weighted by atomic mass is 16.5. The van der Waals surface area contributed by atoms with E-state index < -0.39 is 11.5 Å². The SMILES string of the molecule is CCOC(=O)C(C)(C)NO. The monoisotopic (exact) mass is 147 g/mol. The van der Waals surface area contributed by atoms with E-state index in [-0.39, 0.29) is 0 Å². The predicted octanol–water partition coefficient (Wildman–Crippen LogP) is 0.307. The Morgan fingerprint density at radius 1 is 1.70 bits per heavy atom. The largest absolute Gasteiger partial charge is 0.465 e. The first kappa shape index (κ1) is 9.39. The molecule has 0 aliphatic rings. The van der Waals surface area contributed by atoms with Gasteiger partial charge in [-0.1, -0.05) is 0 Å². The molecule has 0 aliphatic carbocycles. The van der Waals surface area contributed by atoms with Gasteiger partial charge in [0.2, 0.25) is 0 Å². The summed E-state index contributed by atoms with van der Waals surface area (Å²) in [6.07, 6.45) is 0. The van der Waals surface area contributed by atoms with Crippen molar-refractivity contribution < 1.29 is 14.7 Å². The highest BCUT2D eigenvalue weighted by Crippen LogP contribution is 2.02. The average Bonchev–Trinajstić information content (AvgIpc) is 1.89. The number of nitrogens with one attached hydrogen (secondary N) is 1. The van der Waals surface area contributed by atoms with Crippen LogP contribution in [-0.2, 0) is 9.53 Å². The summed E-state index contributed by atoms with van der Waals surface area (Å²) in [5.41, 5.74) is 0.847. The van der Waals surface area contributed by atoms with Gasteiger partial charge < -0.3 is 9.94 Å². The van der Waals surface area contributed by atoms with Crippen molar-refractivity contribution in [1.29, 1.82) is 0 Å². The summed E-state index contributed by atoms with van der Waals surface area (Å²) in [6, 6.07) is 0. The summed E-state index contributed by atoms with van der Waals surface area (Å²) in [5.74, 6) is -0.461. The third-order valence-corrected chi connectivity index (χ3v) is 1.07. The molecule has 4 heteroatoms. The quantitative estimate of drug-likeness (QED) is 0.445. The number of hydroxylamine groups is 1. The molecule has 0 radical (unpaired) electrons. The van der Waals surface area contributed by atoms with Gasteiger partial charge in [0.15, 0.2) is 0 Å². The van der Waals surface area contributed by atoms with Crippen molar-refractivity contribution in [2.75, 3.05) is 6.61 Å². The molecule has 0 aromatic heterocycles. The molecule has 0 fully saturated rings. The van der Waals surface area contributed by atoms with Gasteiger partial charge in [-0.3, -0.25) is 0 Å². The minimum atomic E-state index is -1.00. The maximum absolute atomic E-state index is 10.9. The number of rotatable bonds is 3. The minimum absolute atomic E-state index is 0.323. The molecule has 60 valence electrons. The van der Waals surface area contributed by atoms with Gasteiger partial charge in [0.25, 0.3) is 0 Å². The second kappa shape index (κ2) is 3.53. The van der Waals surface area contributed by atoms with Crippen LogP contribution >= 0.6 is 0 Å². The van der Waals surface area contributed by atoms with Gasteiger partial charge in [-0.2, -0.15) is 5.48 Å². The normalized spacial score (nSPS) is 11.2. The highest BCUT2D eigenvalue weighted by molar-refractivity contribution is 5.79. The summed E-state index contributed by atoms with van der Waals surface area (Å²) < 4.78 is 4.64. The third-order valence-electron chi connectivity index (χ3n) is 1.07. The fourth-order valence-corrected chi connectivity index (χ4v) is 0.357. The lowest BCUT2D eigenvalue weighted by atomic mass is 10.1. The van der Waals surface area contributed by atoms with Crippen LogP contribution in [0.5, 0.6) is 0 Å². The lowest BCUT2D eigenvalue weighted by Crippen LogP contribution is -2.45. The van der Waals surface area contributed by atoms with Gasteiger partial charge in [0.05, 0.1) is 6.61 Å². The minimum Gasteiger partial charge on any atom is -0.465 e. The molecule has 0 amide bonds. The molecule has 0 saturated heterocycles. The van der Waals surface area contributed by atoms with Crippen LogP contribution in [0.3, 0.4) is 0 Å². The van der Waals surface area contributed by atoms with Gasteiger partial charge in [0, 0.05) is 0 Å². The van der Waals surface area contributed by atoms with Crippen molar-refractivity contribution in [3.63, 3.8) is 0 Å². The van der Waals surface area contributed by atoms with Crippen LogP contribution in [0.15, 0.2) is 0 Å². The Bertz CT molecular complexity index is 122. The Labute approximate surface area is 60.1 Å². The van der Waals surface area contributed by atoms with Crippen molar-refractivity contribution in [2.24, 2.45) is 0 Å². The summed E-state index contributed by atoms with van der Waals surface area (Å²) in [6.45, 7) is 5.10. The Balaban J connectivity index is 3.91. The van der Waals surface area contributed by atoms with Crippen molar-refractivity contribution in [2.45, 2.75) is 26.3 Å². The van der Waals surface area contributed by atoms with Crippen molar-refractivity contribution in [3.05, 3.63) is 0 Å². The van der Waals surface area contributed by atoms with E-state index in [9.17, 15) is 4.79 Å². The van der Waals surface area contributed by atoms with Crippen molar-refractivity contribution >= 4 is 5.97 Å². The number of hydrogen-bond acceptors (Lipinski definition) is 4. The second-order valence-corrected chi connectivity index (χ2v) is 2.46. The standard InChI is InChI=1S/C6H13NO3/c1-4-10-5(8)6(2,3)7-9/h7,9H,4H2,1-3H3. The second-order valence-electron chi connectivity index (χ2n) is 2.46. The van der Waals surface area contributed by atoms with Crippen LogP contribution in [0.1, 0.15) is 20.8 Å². The zero-order chi connectivity index (χ0) is 8.20. The molecule has 0 aliphatic heterocycles. The van der Waals surface area contributed by atoms with E-state index >= 15 is 0 Å². The van der Waals surface area contributed by atoms with E-state index in [4.69, 9.17) is 5.21 Å². The molecule has 0 heterocycles. The zero-order valence-corrected chi connectivity index (χ0v) is 6.47. The van der Waals surface area contributed by atoms with Crippen LogP contribution in [0.4, 0.5) is 0 Å². The Kier molecular flexibility index (Phi) is 3.32. The lowest BCUT2D eigenvalue weighted by molar-refractivity contribution is -0.154.